The maximum Gasteiger partial charge on any atom is 0.154 e. The topological polar surface area (TPSA) is 53.1 Å². The normalized spacial score (nSPS) is 11.9. The Hall–Kier alpha value is -3.92. The van der Waals surface area contributed by atoms with Gasteiger partial charge in [0.1, 0.15) is 5.71 Å². The van der Waals surface area contributed by atoms with Crippen molar-refractivity contribution in [1.82, 2.24) is 9.97 Å². The van der Waals surface area contributed by atoms with Crippen molar-refractivity contribution in [3.8, 4) is 11.1 Å². The van der Waals surface area contributed by atoms with Gasteiger partial charge in [-0.15, -0.1) is 0 Å². The van der Waals surface area contributed by atoms with Crippen LogP contribution in [0, 0.1) is 6.92 Å². The number of hydrazone groups is 1. The summed E-state index contributed by atoms with van der Waals surface area (Å²) in [4.78, 5) is 7.95. The zero-order valence-electron chi connectivity index (χ0n) is 17.0. The molecule has 4 aromatic carbocycles. The molecule has 0 bridgehead atoms. The molecule has 0 fully saturated rings. The number of benzene rings is 4. The summed E-state index contributed by atoms with van der Waals surface area (Å²) in [5.74, 6) is 0.767. The molecule has 5 rings (SSSR count). The first kappa shape index (κ1) is 18.1. The van der Waals surface area contributed by atoms with Crippen LogP contribution in [-0.2, 0) is 0 Å². The Bertz CT molecular complexity index is 1350. The van der Waals surface area contributed by atoms with Gasteiger partial charge in [-0.25, -0.2) is 4.98 Å². The van der Waals surface area contributed by atoms with Gasteiger partial charge in [-0.2, -0.15) is 5.10 Å². The molecule has 0 spiro atoms. The molecule has 0 saturated carbocycles. The fourth-order valence-corrected chi connectivity index (χ4v) is 3.72. The third kappa shape index (κ3) is 3.44. The van der Waals surface area contributed by atoms with Crippen molar-refractivity contribution in [2.75, 3.05) is 5.43 Å². The molecule has 146 valence electrons. The summed E-state index contributed by atoms with van der Waals surface area (Å²) in [5, 5.41) is 7.01. The number of para-hydroxylation sites is 2. The van der Waals surface area contributed by atoms with Crippen LogP contribution < -0.4 is 5.43 Å². The van der Waals surface area contributed by atoms with Crippen molar-refractivity contribution in [2.24, 2.45) is 5.10 Å². The predicted molar refractivity (Wildman–Crippen MR) is 126 cm³/mol. The maximum atomic E-state index is 4.62. The Balaban J connectivity index is 1.54. The van der Waals surface area contributed by atoms with Crippen LogP contribution in [0.1, 0.15) is 18.3 Å². The number of hydrogen-bond donors (Lipinski definition) is 2. The van der Waals surface area contributed by atoms with Crippen molar-refractivity contribution in [2.45, 2.75) is 13.8 Å². The molecule has 0 saturated heterocycles. The number of nitrogens with zero attached hydrogens (tertiary/aromatic N) is 2. The van der Waals surface area contributed by atoms with Gasteiger partial charge in [0, 0.05) is 0 Å². The molecule has 0 aliphatic carbocycles. The lowest BCUT2D eigenvalue weighted by Crippen LogP contribution is -2.02. The number of H-pyrrole nitrogens is 1. The molecule has 0 amide bonds. The molecule has 5 aromatic rings. The zero-order chi connectivity index (χ0) is 20.5. The van der Waals surface area contributed by atoms with Gasteiger partial charge in [0.2, 0.25) is 0 Å². The first-order valence-corrected chi connectivity index (χ1v) is 10.0. The third-order valence-electron chi connectivity index (χ3n) is 5.28. The number of anilines is 1. The highest BCUT2D eigenvalue weighted by Crippen LogP contribution is 2.32. The van der Waals surface area contributed by atoms with Crippen molar-refractivity contribution >= 4 is 33.2 Å². The van der Waals surface area contributed by atoms with Gasteiger partial charge >= 0.3 is 0 Å². The predicted octanol–water partition coefficient (Wildman–Crippen LogP) is 6.53. The van der Waals surface area contributed by atoms with E-state index in [1.165, 1.54) is 27.5 Å². The molecular formula is C26H22N4. The summed E-state index contributed by atoms with van der Waals surface area (Å²) in [7, 11) is 0. The van der Waals surface area contributed by atoms with Crippen LogP contribution in [0.5, 0.6) is 0 Å². The average molecular weight is 390 g/mol. The summed E-state index contributed by atoms with van der Waals surface area (Å²) in [6.45, 7) is 4.08. The van der Waals surface area contributed by atoms with Crippen molar-refractivity contribution in [3.63, 3.8) is 0 Å². The minimum absolute atomic E-state index is 0.767. The van der Waals surface area contributed by atoms with Gasteiger partial charge in [-0.1, -0.05) is 66.2 Å². The standard InChI is InChI=1S/C26H22N4/c1-17-12-13-20-15-21(16-23(22(20)14-17)19-8-4-3-5-9-19)30-29-18(2)26-27-24-10-6-7-11-25(24)28-26/h3-16,30H,1-2H3,(H,27,28)/b29-18-. The summed E-state index contributed by atoms with van der Waals surface area (Å²) in [5.41, 5.74) is 10.6. The molecule has 30 heavy (non-hydrogen) atoms. The van der Waals surface area contributed by atoms with E-state index in [4.69, 9.17) is 0 Å². The molecule has 1 heterocycles. The molecule has 1 aromatic heterocycles. The molecule has 0 atom stereocenters. The van der Waals surface area contributed by atoms with E-state index in [0.717, 1.165) is 28.3 Å². The molecule has 0 aliphatic heterocycles. The number of aromatic amines is 1. The van der Waals surface area contributed by atoms with Gasteiger partial charge in [-0.05, 0) is 60.0 Å². The summed E-state index contributed by atoms with van der Waals surface area (Å²) >= 11 is 0. The number of fused-ring (bicyclic) bond motifs is 2. The molecule has 4 nitrogen and oxygen atoms in total. The number of rotatable bonds is 4. The highest BCUT2D eigenvalue weighted by atomic mass is 15.3. The molecule has 4 heteroatoms. The second-order valence-corrected chi connectivity index (χ2v) is 7.53. The van der Waals surface area contributed by atoms with E-state index in [1.807, 2.05) is 37.3 Å². The highest BCUT2D eigenvalue weighted by molar-refractivity contribution is 6.01. The minimum Gasteiger partial charge on any atom is -0.337 e. The van der Waals surface area contributed by atoms with E-state index in [9.17, 15) is 0 Å². The lowest BCUT2D eigenvalue weighted by atomic mass is 9.96. The monoisotopic (exact) mass is 390 g/mol. The maximum absolute atomic E-state index is 4.62. The Labute approximate surface area is 175 Å². The van der Waals surface area contributed by atoms with E-state index in [1.54, 1.807) is 0 Å². The van der Waals surface area contributed by atoms with Gasteiger partial charge in [0.05, 0.1) is 16.7 Å². The number of aromatic nitrogens is 2. The van der Waals surface area contributed by atoms with E-state index >= 15 is 0 Å². The van der Waals surface area contributed by atoms with Crippen LogP contribution >= 0.6 is 0 Å². The highest BCUT2D eigenvalue weighted by Gasteiger charge is 2.08. The Morgan fingerprint density at radius 1 is 0.900 bits per heavy atom. The Morgan fingerprint density at radius 3 is 2.53 bits per heavy atom. The average Bonchev–Trinajstić information content (AvgIpc) is 3.22. The molecule has 0 unspecified atom stereocenters. The molecule has 0 aliphatic rings. The van der Waals surface area contributed by atoms with Crippen LogP contribution in [0.3, 0.4) is 0 Å². The number of imidazole rings is 1. The summed E-state index contributed by atoms with van der Waals surface area (Å²) in [6, 6.07) is 29.3. The Morgan fingerprint density at radius 2 is 1.70 bits per heavy atom. The van der Waals surface area contributed by atoms with E-state index < -0.39 is 0 Å². The summed E-state index contributed by atoms with van der Waals surface area (Å²) in [6.07, 6.45) is 0. The first-order valence-electron chi connectivity index (χ1n) is 10.0. The fraction of sp³-hybridized carbons (Fsp3) is 0.0769. The van der Waals surface area contributed by atoms with E-state index in [-0.39, 0.29) is 0 Å². The van der Waals surface area contributed by atoms with Crippen molar-refractivity contribution in [3.05, 3.63) is 96.3 Å². The van der Waals surface area contributed by atoms with Crippen molar-refractivity contribution in [1.29, 1.82) is 0 Å². The second kappa shape index (κ2) is 7.48. The SMILES string of the molecule is C/C(=N/Nc1cc(-c2ccccc2)c2cc(C)ccc2c1)c1nc2ccccc2[nH]1. The molecular weight excluding hydrogens is 368 g/mol. The molecule has 2 N–H and O–H groups in total. The fourth-order valence-electron chi connectivity index (χ4n) is 3.72. The van der Waals surface area contributed by atoms with Crippen LogP contribution in [0.2, 0.25) is 0 Å². The number of aryl methyl sites for hydroxylation is 1. The van der Waals surface area contributed by atoms with Crippen molar-refractivity contribution < 1.29 is 0 Å². The van der Waals surface area contributed by atoms with Gasteiger partial charge in [-0.3, -0.25) is 5.43 Å². The van der Waals surface area contributed by atoms with Gasteiger partial charge in [0.15, 0.2) is 5.82 Å². The Kier molecular flexibility index (Phi) is 4.52. The van der Waals surface area contributed by atoms with Gasteiger partial charge in [0.25, 0.3) is 0 Å². The van der Waals surface area contributed by atoms with Crippen LogP contribution in [0.25, 0.3) is 32.9 Å². The summed E-state index contributed by atoms with van der Waals surface area (Å²) < 4.78 is 0. The second-order valence-electron chi connectivity index (χ2n) is 7.53. The lowest BCUT2D eigenvalue weighted by Gasteiger charge is -2.12. The smallest absolute Gasteiger partial charge is 0.154 e. The first-order chi connectivity index (χ1) is 14.7. The van der Waals surface area contributed by atoms with Gasteiger partial charge < -0.3 is 4.98 Å². The zero-order valence-corrected chi connectivity index (χ0v) is 17.0. The van der Waals surface area contributed by atoms with Crippen LogP contribution in [0.15, 0.2) is 90.0 Å². The third-order valence-corrected chi connectivity index (χ3v) is 5.28. The number of hydrogen-bond acceptors (Lipinski definition) is 3. The minimum atomic E-state index is 0.767. The quantitative estimate of drug-likeness (QED) is 0.271. The van der Waals surface area contributed by atoms with Crippen LogP contribution in [-0.4, -0.2) is 15.7 Å². The van der Waals surface area contributed by atoms with E-state index in [0.29, 0.717) is 0 Å². The van der Waals surface area contributed by atoms with E-state index in [2.05, 4.69) is 82.0 Å². The van der Waals surface area contributed by atoms with Crippen LogP contribution in [0.4, 0.5) is 5.69 Å². The molecule has 0 radical (unpaired) electrons. The number of nitrogens with one attached hydrogen (secondary N) is 2. The lowest BCUT2D eigenvalue weighted by molar-refractivity contribution is 1.24. The largest absolute Gasteiger partial charge is 0.337 e.